The van der Waals surface area contributed by atoms with Gasteiger partial charge in [0.15, 0.2) is 0 Å². The Kier molecular flexibility index (Phi) is 5.48. The van der Waals surface area contributed by atoms with Gasteiger partial charge in [0.05, 0.1) is 25.6 Å². The maximum atomic E-state index is 13.1. The first kappa shape index (κ1) is 18.7. The molecule has 148 valence electrons. The molecule has 0 spiro atoms. The number of methoxy groups -OCH3 is 1. The predicted octanol–water partition coefficient (Wildman–Crippen LogP) is 3.70. The van der Waals surface area contributed by atoms with Crippen molar-refractivity contribution in [1.82, 2.24) is 9.91 Å². The zero-order chi connectivity index (χ0) is 19.5. The van der Waals surface area contributed by atoms with Crippen LogP contribution in [0.15, 0.2) is 52.2 Å². The van der Waals surface area contributed by atoms with Crippen molar-refractivity contribution in [3.63, 3.8) is 0 Å². The average molecular weight is 381 g/mol. The van der Waals surface area contributed by atoms with Crippen LogP contribution in [0.5, 0.6) is 5.75 Å². The first-order chi connectivity index (χ1) is 13.6. The number of rotatable bonds is 5. The number of carbonyl (C=O) groups excluding carboxylic acids is 1. The molecule has 2 aliphatic heterocycles. The molecule has 0 N–H and O–H groups in total. The van der Waals surface area contributed by atoms with Gasteiger partial charge in [-0.1, -0.05) is 6.92 Å². The van der Waals surface area contributed by atoms with Gasteiger partial charge in [-0.2, -0.15) is 5.10 Å². The second-order valence-electron chi connectivity index (χ2n) is 7.73. The van der Waals surface area contributed by atoms with Crippen molar-refractivity contribution in [1.29, 1.82) is 0 Å². The third-order valence-corrected chi connectivity index (χ3v) is 5.56. The Morgan fingerprint density at radius 2 is 2.11 bits per heavy atom. The molecule has 1 amide bonds. The van der Waals surface area contributed by atoms with Crippen molar-refractivity contribution in [3.05, 3.63) is 54.0 Å². The van der Waals surface area contributed by atoms with Crippen molar-refractivity contribution in [2.24, 2.45) is 11.0 Å². The molecule has 4 rings (SSSR count). The van der Waals surface area contributed by atoms with E-state index in [0.29, 0.717) is 18.9 Å². The van der Waals surface area contributed by atoms with Gasteiger partial charge < -0.3 is 9.15 Å². The number of benzene rings is 1. The summed E-state index contributed by atoms with van der Waals surface area (Å²) in [4.78, 5) is 15.4. The van der Waals surface area contributed by atoms with E-state index in [9.17, 15) is 4.79 Å². The lowest BCUT2D eigenvalue weighted by Gasteiger charge is -2.31. The van der Waals surface area contributed by atoms with Gasteiger partial charge in [0.2, 0.25) is 0 Å². The van der Waals surface area contributed by atoms with E-state index < -0.39 is 0 Å². The minimum atomic E-state index is -0.193. The zero-order valence-corrected chi connectivity index (χ0v) is 16.5. The van der Waals surface area contributed by atoms with E-state index in [1.54, 1.807) is 18.4 Å². The highest BCUT2D eigenvalue weighted by Crippen LogP contribution is 2.33. The van der Waals surface area contributed by atoms with Crippen molar-refractivity contribution in [3.8, 4) is 5.75 Å². The third kappa shape index (κ3) is 3.97. The van der Waals surface area contributed by atoms with Crippen molar-refractivity contribution >= 4 is 11.6 Å². The number of amides is 1. The van der Waals surface area contributed by atoms with Crippen molar-refractivity contribution < 1.29 is 13.9 Å². The highest BCUT2D eigenvalue weighted by molar-refractivity contribution is 6.03. The Labute approximate surface area is 165 Å². The number of nitrogens with zero attached hydrogens (tertiary/aromatic N) is 3. The van der Waals surface area contributed by atoms with Gasteiger partial charge in [-0.05, 0) is 67.3 Å². The first-order valence-corrected chi connectivity index (χ1v) is 9.94. The summed E-state index contributed by atoms with van der Waals surface area (Å²) in [6.45, 7) is 4.60. The zero-order valence-electron chi connectivity index (χ0n) is 16.5. The fourth-order valence-electron chi connectivity index (χ4n) is 4.09. The van der Waals surface area contributed by atoms with Crippen LogP contribution in [0, 0.1) is 5.92 Å². The van der Waals surface area contributed by atoms with Crippen LogP contribution in [0.25, 0.3) is 0 Å². The van der Waals surface area contributed by atoms with Gasteiger partial charge in [-0.15, -0.1) is 0 Å². The Hall–Kier alpha value is -2.60. The number of hydrogen-bond acceptors (Lipinski definition) is 5. The molecule has 1 aromatic carbocycles. The molecule has 1 aromatic heterocycles. The van der Waals surface area contributed by atoms with E-state index in [0.717, 1.165) is 42.3 Å². The standard InChI is InChI=1S/C22H27N3O3/c1-16-5-3-11-24(14-16)15-22(26)25-20(21-6-4-12-28-21)13-19(23-25)17-7-9-18(27-2)10-8-17/h4,6-10,12,16,20H,3,5,11,13-15H2,1-2H3/t16-,20+/m1/s1. The van der Waals surface area contributed by atoms with Gasteiger partial charge in [0, 0.05) is 13.0 Å². The Morgan fingerprint density at radius 3 is 2.79 bits per heavy atom. The summed E-state index contributed by atoms with van der Waals surface area (Å²) in [5.74, 6) is 2.24. The summed E-state index contributed by atoms with van der Waals surface area (Å²) in [7, 11) is 1.65. The van der Waals surface area contributed by atoms with E-state index in [2.05, 4.69) is 11.8 Å². The summed E-state index contributed by atoms with van der Waals surface area (Å²) in [6.07, 6.45) is 4.68. The van der Waals surface area contributed by atoms with E-state index in [1.165, 1.54) is 6.42 Å². The topological polar surface area (TPSA) is 58.3 Å². The minimum Gasteiger partial charge on any atom is -0.497 e. The summed E-state index contributed by atoms with van der Waals surface area (Å²) in [5, 5.41) is 6.33. The highest BCUT2D eigenvalue weighted by atomic mass is 16.5. The molecular weight excluding hydrogens is 354 g/mol. The number of piperidine rings is 1. The summed E-state index contributed by atoms with van der Waals surface area (Å²) in [6, 6.07) is 11.4. The molecule has 0 radical (unpaired) electrons. The molecule has 1 saturated heterocycles. The van der Waals surface area contributed by atoms with Gasteiger partial charge in [-0.3, -0.25) is 9.69 Å². The van der Waals surface area contributed by atoms with Crippen LogP contribution >= 0.6 is 0 Å². The number of hydrogen-bond donors (Lipinski definition) is 0. The van der Waals surface area contributed by atoms with Crippen molar-refractivity contribution in [2.75, 3.05) is 26.7 Å². The fraction of sp³-hybridized carbons (Fsp3) is 0.455. The number of likely N-dealkylation sites (tertiary alicyclic amines) is 1. The molecule has 0 unspecified atom stereocenters. The molecule has 6 nitrogen and oxygen atoms in total. The van der Waals surface area contributed by atoms with Gasteiger partial charge in [0.1, 0.15) is 17.6 Å². The SMILES string of the molecule is COc1ccc(C2=NN(C(=O)CN3CCC[C@@H](C)C3)[C@H](c3ccco3)C2)cc1. The van der Waals surface area contributed by atoms with Gasteiger partial charge in [-0.25, -0.2) is 5.01 Å². The average Bonchev–Trinajstić information content (AvgIpc) is 3.38. The molecule has 1 fully saturated rings. The minimum absolute atomic E-state index is 0.0269. The molecular formula is C22H27N3O3. The van der Waals surface area contributed by atoms with Gasteiger partial charge in [0.25, 0.3) is 5.91 Å². The fourth-order valence-corrected chi connectivity index (χ4v) is 4.09. The lowest BCUT2D eigenvalue weighted by atomic mass is 10.0. The van der Waals surface area contributed by atoms with Crippen LogP contribution in [0.2, 0.25) is 0 Å². The van der Waals surface area contributed by atoms with E-state index in [4.69, 9.17) is 14.3 Å². The van der Waals surface area contributed by atoms with Crippen LogP contribution < -0.4 is 4.74 Å². The molecule has 2 atom stereocenters. The second-order valence-corrected chi connectivity index (χ2v) is 7.73. The highest BCUT2D eigenvalue weighted by Gasteiger charge is 2.35. The molecule has 0 bridgehead atoms. The molecule has 0 saturated carbocycles. The predicted molar refractivity (Wildman–Crippen MR) is 107 cm³/mol. The number of hydrazone groups is 1. The second kappa shape index (κ2) is 8.19. The van der Waals surface area contributed by atoms with Crippen LogP contribution in [0.4, 0.5) is 0 Å². The van der Waals surface area contributed by atoms with E-state index in [-0.39, 0.29) is 11.9 Å². The Bertz CT molecular complexity index is 829. The van der Waals surface area contributed by atoms with E-state index >= 15 is 0 Å². The molecule has 28 heavy (non-hydrogen) atoms. The maximum Gasteiger partial charge on any atom is 0.257 e. The lowest BCUT2D eigenvalue weighted by molar-refractivity contribution is -0.135. The number of ether oxygens (including phenoxy) is 1. The van der Waals surface area contributed by atoms with Crippen molar-refractivity contribution in [2.45, 2.75) is 32.2 Å². The quantitative estimate of drug-likeness (QED) is 0.792. The Morgan fingerprint density at radius 1 is 1.29 bits per heavy atom. The lowest BCUT2D eigenvalue weighted by Crippen LogP contribution is -2.42. The smallest absolute Gasteiger partial charge is 0.257 e. The third-order valence-electron chi connectivity index (χ3n) is 5.56. The number of furan rings is 1. The molecule has 2 aromatic rings. The van der Waals surface area contributed by atoms with Gasteiger partial charge >= 0.3 is 0 Å². The summed E-state index contributed by atoms with van der Waals surface area (Å²) in [5.41, 5.74) is 1.89. The summed E-state index contributed by atoms with van der Waals surface area (Å²) < 4.78 is 10.9. The van der Waals surface area contributed by atoms with E-state index in [1.807, 2.05) is 36.4 Å². The molecule has 2 aliphatic rings. The maximum absolute atomic E-state index is 13.1. The molecule has 6 heteroatoms. The molecule has 0 aliphatic carbocycles. The van der Waals surface area contributed by atoms with Crippen LogP contribution in [0.1, 0.15) is 43.6 Å². The van der Waals surface area contributed by atoms with Crippen LogP contribution in [-0.4, -0.2) is 48.3 Å². The Balaban J connectivity index is 1.55. The summed E-state index contributed by atoms with van der Waals surface area (Å²) >= 11 is 0. The normalized spacial score (nSPS) is 22.9. The largest absolute Gasteiger partial charge is 0.497 e. The van der Waals surface area contributed by atoms with Crippen LogP contribution in [0.3, 0.4) is 0 Å². The first-order valence-electron chi connectivity index (χ1n) is 9.94. The monoisotopic (exact) mass is 381 g/mol. The molecule has 3 heterocycles. The van der Waals surface area contributed by atoms with Crippen LogP contribution in [-0.2, 0) is 4.79 Å². The number of carbonyl (C=O) groups is 1.